The topological polar surface area (TPSA) is 20.3 Å². The number of ketones is 1. The Bertz CT molecular complexity index is 194. The van der Waals surface area contributed by atoms with E-state index in [-0.39, 0.29) is 5.78 Å². The number of hydrogen-bond donors (Lipinski definition) is 0. The second-order valence-electron chi connectivity index (χ2n) is 3.69. The Labute approximate surface area is 80.6 Å². The van der Waals surface area contributed by atoms with Crippen molar-refractivity contribution in [2.45, 2.75) is 39.2 Å². The number of carbonyl (C=O) groups is 1. The van der Waals surface area contributed by atoms with Crippen molar-refractivity contribution in [3.8, 4) is 0 Å². The average molecular weight is 181 g/mol. The van der Waals surface area contributed by atoms with E-state index in [2.05, 4.69) is 11.8 Å². The van der Waals surface area contributed by atoms with Crippen molar-refractivity contribution in [1.82, 2.24) is 4.90 Å². The van der Waals surface area contributed by atoms with Crippen molar-refractivity contribution in [2.24, 2.45) is 0 Å². The van der Waals surface area contributed by atoms with Gasteiger partial charge in [-0.3, -0.25) is 9.69 Å². The lowest BCUT2D eigenvalue weighted by Crippen LogP contribution is -2.40. The predicted molar refractivity (Wildman–Crippen MR) is 54.7 cm³/mol. The Morgan fingerprint density at radius 3 is 2.62 bits per heavy atom. The number of rotatable bonds is 5. The zero-order chi connectivity index (χ0) is 9.68. The first-order chi connectivity index (χ1) is 6.24. The highest BCUT2D eigenvalue weighted by atomic mass is 16.1. The maximum atomic E-state index is 10.7. The number of allylic oxidation sites excluding steroid dienone is 1. The van der Waals surface area contributed by atoms with E-state index in [1.54, 1.807) is 13.0 Å². The predicted octanol–water partition coefficient (Wildman–Crippen LogP) is 2.01. The monoisotopic (exact) mass is 181 g/mol. The highest BCUT2D eigenvalue weighted by molar-refractivity contribution is 5.87. The van der Waals surface area contributed by atoms with Crippen molar-refractivity contribution < 1.29 is 4.79 Å². The minimum atomic E-state index is 0.143. The standard InChI is InChI=1S/C11H19NO/c1-3-12(11-7-4-8-11)9-5-6-10(2)13/h5-6,11H,3-4,7-9H2,1-2H3/b6-5+. The van der Waals surface area contributed by atoms with Crippen LogP contribution in [-0.4, -0.2) is 29.8 Å². The molecule has 2 nitrogen and oxygen atoms in total. The van der Waals surface area contributed by atoms with Crippen LogP contribution in [0.2, 0.25) is 0 Å². The number of nitrogens with zero attached hydrogens (tertiary/aromatic N) is 1. The Hall–Kier alpha value is -0.630. The highest BCUT2D eigenvalue weighted by Gasteiger charge is 2.22. The molecule has 74 valence electrons. The van der Waals surface area contributed by atoms with Gasteiger partial charge in [0.15, 0.2) is 5.78 Å². The first kappa shape index (κ1) is 10.5. The van der Waals surface area contributed by atoms with E-state index < -0.39 is 0 Å². The van der Waals surface area contributed by atoms with Gasteiger partial charge in [-0.25, -0.2) is 0 Å². The molecule has 0 aromatic heterocycles. The van der Waals surface area contributed by atoms with Crippen LogP contribution in [0, 0.1) is 0 Å². The number of carbonyl (C=O) groups excluding carboxylic acids is 1. The van der Waals surface area contributed by atoms with Gasteiger partial charge in [0.05, 0.1) is 0 Å². The molecule has 0 saturated heterocycles. The van der Waals surface area contributed by atoms with E-state index >= 15 is 0 Å². The van der Waals surface area contributed by atoms with Gasteiger partial charge in [-0.05, 0) is 32.4 Å². The number of hydrogen-bond acceptors (Lipinski definition) is 2. The first-order valence-electron chi connectivity index (χ1n) is 5.15. The normalized spacial score (nSPS) is 18.1. The van der Waals surface area contributed by atoms with Gasteiger partial charge in [0.2, 0.25) is 0 Å². The Kier molecular flexibility index (Phi) is 4.16. The van der Waals surface area contributed by atoms with Crippen molar-refractivity contribution in [1.29, 1.82) is 0 Å². The van der Waals surface area contributed by atoms with Crippen LogP contribution >= 0.6 is 0 Å². The van der Waals surface area contributed by atoms with Gasteiger partial charge in [-0.2, -0.15) is 0 Å². The maximum Gasteiger partial charge on any atom is 0.152 e. The fraction of sp³-hybridized carbons (Fsp3) is 0.727. The summed E-state index contributed by atoms with van der Waals surface area (Å²) in [7, 11) is 0. The molecule has 1 fully saturated rings. The molecular weight excluding hydrogens is 162 g/mol. The molecule has 0 N–H and O–H groups in total. The van der Waals surface area contributed by atoms with Gasteiger partial charge in [0.1, 0.15) is 0 Å². The Morgan fingerprint density at radius 2 is 2.23 bits per heavy atom. The fourth-order valence-electron chi connectivity index (χ4n) is 1.64. The van der Waals surface area contributed by atoms with Crippen molar-refractivity contribution in [2.75, 3.05) is 13.1 Å². The van der Waals surface area contributed by atoms with Gasteiger partial charge in [-0.1, -0.05) is 19.4 Å². The molecule has 0 aromatic carbocycles. The molecule has 13 heavy (non-hydrogen) atoms. The second-order valence-corrected chi connectivity index (χ2v) is 3.69. The van der Waals surface area contributed by atoms with E-state index in [9.17, 15) is 4.79 Å². The largest absolute Gasteiger partial charge is 0.297 e. The third kappa shape index (κ3) is 3.31. The van der Waals surface area contributed by atoms with E-state index in [1.165, 1.54) is 19.3 Å². The zero-order valence-electron chi connectivity index (χ0n) is 8.62. The molecule has 0 spiro atoms. The quantitative estimate of drug-likeness (QED) is 0.605. The molecular formula is C11H19NO. The minimum Gasteiger partial charge on any atom is -0.297 e. The van der Waals surface area contributed by atoms with E-state index in [0.717, 1.165) is 19.1 Å². The summed E-state index contributed by atoms with van der Waals surface area (Å²) in [6, 6.07) is 0.779. The van der Waals surface area contributed by atoms with Crippen LogP contribution in [0.4, 0.5) is 0 Å². The second kappa shape index (κ2) is 5.18. The summed E-state index contributed by atoms with van der Waals surface area (Å²) in [4.78, 5) is 13.1. The Morgan fingerprint density at radius 1 is 1.54 bits per heavy atom. The van der Waals surface area contributed by atoms with Crippen LogP contribution < -0.4 is 0 Å². The average Bonchev–Trinajstić information content (AvgIpc) is 1.98. The molecule has 0 amide bonds. The van der Waals surface area contributed by atoms with Crippen molar-refractivity contribution in [3.05, 3.63) is 12.2 Å². The van der Waals surface area contributed by atoms with E-state index in [1.807, 2.05) is 6.08 Å². The van der Waals surface area contributed by atoms with Gasteiger partial charge in [0.25, 0.3) is 0 Å². The summed E-state index contributed by atoms with van der Waals surface area (Å²) >= 11 is 0. The molecule has 0 aliphatic heterocycles. The summed E-state index contributed by atoms with van der Waals surface area (Å²) < 4.78 is 0. The zero-order valence-corrected chi connectivity index (χ0v) is 8.62. The molecule has 0 unspecified atom stereocenters. The maximum absolute atomic E-state index is 10.7. The van der Waals surface area contributed by atoms with E-state index in [4.69, 9.17) is 0 Å². The third-order valence-electron chi connectivity index (χ3n) is 2.69. The molecule has 0 radical (unpaired) electrons. The highest BCUT2D eigenvalue weighted by Crippen LogP contribution is 2.24. The molecule has 1 saturated carbocycles. The lowest BCUT2D eigenvalue weighted by Gasteiger charge is -2.36. The number of likely N-dealkylation sites (N-methyl/N-ethyl adjacent to an activating group) is 1. The summed E-state index contributed by atoms with van der Waals surface area (Å²) in [5, 5.41) is 0. The lowest BCUT2D eigenvalue weighted by atomic mass is 9.91. The van der Waals surface area contributed by atoms with Crippen LogP contribution in [0.5, 0.6) is 0 Å². The van der Waals surface area contributed by atoms with Crippen LogP contribution in [0.15, 0.2) is 12.2 Å². The van der Waals surface area contributed by atoms with Gasteiger partial charge in [0, 0.05) is 12.6 Å². The van der Waals surface area contributed by atoms with Crippen LogP contribution in [0.3, 0.4) is 0 Å². The van der Waals surface area contributed by atoms with Crippen LogP contribution in [0.25, 0.3) is 0 Å². The first-order valence-corrected chi connectivity index (χ1v) is 5.15. The van der Waals surface area contributed by atoms with Crippen LogP contribution in [0.1, 0.15) is 33.1 Å². The fourth-order valence-corrected chi connectivity index (χ4v) is 1.64. The Balaban J connectivity index is 2.26. The minimum absolute atomic E-state index is 0.143. The lowest BCUT2D eigenvalue weighted by molar-refractivity contribution is -0.112. The third-order valence-corrected chi connectivity index (χ3v) is 2.69. The SMILES string of the molecule is CCN(C/C=C/C(C)=O)C1CCC1. The molecule has 0 bridgehead atoms. The summed E-state index contributed by atoms with van der Waals surface area (Å²) in [5.41, 5.74) is 0. The van der Waals surface area contributed by atoms with Gasteiger partial charge < -0.3 is 0 Å². The van der Waals surface area contributed by atoms with Gasteiger partial charge >= 0.3 is 0 Å². The van der Waals surface area contributed by atoms with Crippen molar-refractivity contribution in [3.63, 3.8) is 0 Å². The van der Waals surface area contributed by atoms with E-state index in [0.29, 0.717) is 0 Å². The smallest absolute Gasteiger partial charge is 0.152 e. The van der Waals surface area contributed by atoms with Crippen molar-refractivity contribution >= 4 is 5.78 Å². The molecule has 1 rings (SSSR count). The van der Waals surface area contributed by atoms with Crippen LogP contribution in [-0.2, 0) is 4.79 Å². The summed E-state index contributed by atoms with van der Waals surface area (Å²) in [6.07, 6.45) is 7.69. The molecule has 0 heterocycles. The molecule has 1 aliphatic carbocycles. The molecule has 0 atom stereocenters. The van der Waals surface area contributed by atoms with Gasteiger partial charge in [-0.15, -0.1) is 0 Å². The molecule has 1 aliphatic rings. The molecule has 0 aromatic rings. The molecule has 2 heteroatoms. The summed E-state index contributed by atoms with van der Waals surface area (Å²) in [5.74, 6) is 0.143. The summed E-state index contributed by atoms with van der Waals surface area (Å²) in [6.45, 7) is 5.80.